The number of hydrogen-bond donors (Lipinski definition) is 3. The Labute approximate surface area is 340 Å². The van der Waals surface area contributed by atoms with Crippen molar-refractivity contribution in [3.8, 4) is 11.5 Å². The quantitative estimate of drug-likeness (QED) is 0.301. The molecule has 4 aliphatic carbocycles. The third-order valence-electron chi connectivity index (χ3n) is 14.3. The van der Waals surface area contributed by atoms with Crippen molar-refractivity contribution in [2.45, 2.75) is 156 Å². The number of allylic oxidation sites excluding steroid dienone is 1. The molecule has 14 heteroatoms. The Balaban J connectivity index is 1.05. The number of hydrogen-bond acceptors (Lipinski definition) is 9. The lowest BCUT2D eigenvalue weighted by molar-refractivity contribution is -0.142. The number of benzene rings is 1. The number of sulfonamides is 1. The van der Waals surface area contributed by atoms with E-state index < -0.39 is 55.7 Å². The fourth-order valence-corrected chi connectivity index (χ4v) is 11.3. The number of nitrogens with zero attached hydrogens (tertiary/aromatic N) is 2. The van der Waals surface area contributed by atoms with E-state index in [4.69, 9.17) is 14.5 Å². The number of carbonyl (C=O) groups is 4. The summed E-state index contributed by atoms with van der Waals surface area (Å²) in [6.07, 6.45) is 16.6. The smallest absolute Gasteiger partial charge is 0.259 e. The van der Waals surface area contributed by atoms with Gasteiger partial charge in [-0.25, -0.2) is 13.4 Å². The summed E-state index contributed by atoms with van der Waals surface area (Å²) < 4.78 is 40.5. The van der Waals surface area contributed by atoms with Crippen LogP contribution in [-0.2, 0) is 35.6 Å². The molecule has 1 aromatic heterocycles. The number of methoxy groups -OCH3 is 1. The molecular formula is C44H57N5O8S. The predicted octanol–water partition coefficient (Wildman–Crippen LogP) is 5.24. The predicted molar refractivity (Wildman–Crippen MR) is 216 cm³/mol. The lowest BCUT2D eigenvalue weighted by Crippen LogP contribution is -2.58. The molecule has 9 rings (SSSR count). The summed E-state index contributed by atoms with van der Waals surface area (Å²) in [4.78, 5) is 64.1. The second kappa shape index (κ2) is 14.8. The molecule has 5 fully saturated rings. The van der Waals surface area contributed by atoms with Crippen LogP contribution in [0.4, 0.5) is 0 Å². The maximum absolute atomic E-state index is 15.0. The Morgan fingerprint density at radius 2 is 1.79 bits per heavy atom. The molecular weight excluding hydrogens is 759 g/mol. The van der Waals surface area contributed by atoms with Crippen molar-refractivity contribution in [2.24, 2.45) is 11.8 Å². The van der Waals surface area contributed by atoms with Crippen LogP contribution in [0.2, 0.25) is 0 Å². The highest BCUT2D eigenvalue weighted by atomic mass is 32.2. The first kappa shape index (κ1) is 39.3. The van der Waals surface area contributed by atoms with Gasteiger partial charge in [-0.2, -0.15) is 0 Å². The Morgan fingerprint density at radius 1 is 1.02 bits per heavy atom. The second-order valence-electron chi connectivity index (χ2n) is 18.6. The highest BCUT2D eigenvalue weighted by Crippen LogP contribution is 2.52. The van der Waals surface area contributed by atoms with Crippen molar-refractivity contribution in [3.63, 3.8) is 0 Å². The molecule has 1 spiro atoms. The summed E-state index contributed by atoms with van der Waals surface area (Å²) in [6, 6.07) is 4.04. The Hall–Kier alpha value is -4.20. The van der Waals surface area contributed by atoms with E-state index in [1.165, 1.54) is 0 Å². The minimum absolute atomic E-state index is 0.123. The van der Waals surface area contributed by atoms with Crippen LogP contribution in [0, 0.1) is 11.8 Å². The maximum Gasteiger partial charge on any atom is 0.259 e. The number of carbonyl (C=O) groups excluding carboxylic acids is 4. The average Bonchev–Trinajstić information content (AvgIpc) is 4.17. The maximum atomic E-state index is 15.0. The lowest BCUT2D eigenvalue weighted by atomic mass is 9.86. The van der Waals surface area contributed by atoms with Gasteiger partial charge in [0.2, 0.25) is 27.7 Å². The van der Waals surface area contributed by atoms with E-state index in [9.17, 15) is 27.6 Å². The molecule has 4 saturated carbocycles. The van der Waals surface area contributed by atoms with Crippen LogP contribution < -0.4 is 24.8 Å². The zero-order valence-electron chi connectivity index (χ0n) is 33.8. The van der Waals surface area contributed by atoms with Crippen molar-refractivity contribution in [3.05, 3.63) is 41.6 Å². The molecule has 2 aromatic rings. The standard InChI is InChI=1S/C44H57N5O8S/c1-42(20-21-42)58(54,55)48-41(53)44-24-29(44)12-6-4-3-5-7-13-33(45-36(50)22-27-10-8-9-11-27)40(52)49-26-43(25-35(49)39(51)47-44)19-18-32-31-17-16-30(56-2)23-34(31)46-37(28-14-15-28)38(32)57-43/h6,12,16-17,23,27-29,33,35H,3-5,7-11,13-15,18-22,24-26H2,1-2H3,(H,45,50)(H,47,51)(H,48,53)/t29-,33+,35+,43-,44-/m1/s1. The Bertz CT molecular complexity index is 2160. The zero-order valence-corrected chi connectivity index (χ0v) is 34.6. The fourth-order valence-electron chi connectivity index (χ4n) is 10.0. The van der Waals surface area contributed by atoms with E-state index in [1.54, 1.807) is 18.9 Å². The van der Waals surface area contributed by atoms with E-state index in [2.05, 4.69) is 15.4 Å². The Morgan fingerprint density at radius 3 is 2.53 bits per heavy atom. The van der Waals surface area contributed by atoms with Crippen molar-refractivity contribution in [2.75, 3.05) is 13.7 Å². The minimum Gasteiger partial charge on any atom is -0.497 e. The van der Waals surface area contributed by atoms with Crippen LogP contribution in [0.5, 0.6) is 11.5 Å². The van der Waals surface area contributed by atoms with E-state index >= 15 is 0 Å². The van der Waals surface area contributed by atoms with E-state index in [0.29, 0.717) is 50.9 Å². The molecule has 3 N–H and O–H groups in total. The lowest BCUT2D eigenvalue weighted by Gasteiger charge is -2.37. The third-order valence-corrected chi connectivity index (χ3v) is 16.4. The van der Waals surface area contributed by atoms with Crippen molar-refractivity contribution in [1.29, 1.82) is 0 Å². The Kier molecular flexibility index (Phi) is 10.0. The summed E-state index contributed by atoms with van der Waals surface area (Å²) in [7, 11) is -2.33. The largest absolute Gasteiger partial charge is 0.497 e. The van der Waals surface area contributed by atoms with Crippen LogP contribution in [0.15, 0.2) is 30.4 Å². The third kappa shape index (κ3) is 7.36. The van der Waals surface area contributed by atoms with Crippen LogP contribution in [0.1, 0.15) is 133 Å². The number of aryl methyl sites for hydroxylation is 1. The van der Waals surface area contributed by atoms with Gasteiger partial charge in [0.05, 0.1) is 29.6 Å². The molecule has 4 amide bonds. The highest BCUT2D eigenvalue weighted by molar-refractivity contribution is 7.91. The van der Waals surface area contributed by atoms with Crippen molar-refractivity contribution in [1.82, 2.24) is 25.2 Å². The topological polar surface area (TPSA) is 173 Å². The first-order valence-corrected chi connectivity index (χ1v) is 23.2. The van der Waals surface area contributed by atoms with Crippen LogP contribution in [0.3, 0.4) is 0 Å². The molecule has 5 atom stereocenters. The fraction of sp³-hybridized carbons (Fsp3) is 0.659. The van der Waals surface area contributed by atoms with Crippen LogP contribution in [0.25, 0.3) is 10.9 Å². The molecule has 0 radical (unpaired) electrons. The number of nitrogens with one attached hydrogen (secondary N) is 3. The highest BCUT2D eigenvalue weighted by Gasteiger charge is 2.64. The summed E-state index contributed by atoms with van der Waals surface area (Å²) >= 11 is 0. The van der Waals surface area contributed by atoms with Crippen LogP contribution >= 0.6 is 0 Å². The molecule has 312 valence electrons. The van der Waals surface area contributed by atoms with Gasteiger partial charge in [-0.15, -0.1) is 0 Å². The molecule has 0 unspecified atom stereocenters. The number of rotatable bonds is 8. The average molecular weight is 816 g/mol. The minimum atomic E-state index is -3.97. The van der Waals surface area contributed by atoms with Crippen LogP contribution in [-0.4, -0.2) is 83.6 Å². The normalized spacial score (nSPS) is 30.9. The molecule has 13 nitrogen and oxygen atoms in total. The van der Waals surface area contributed by atoms with Gasteiger partial charge in [0.25, 0.3) is 5.91 Å². The molecule has 0 bridgehead atoms. The number of pyridine rings is 1. The van der Waals surface area contributed by atoms with Crippen molar-refractivity contribution < 1.29 is 37.1 Å². The van der Waals surface area contributed by atoms with Crippen molar-refractivity contribution >= 4 is 44.6 Å². The van der Waals surface area contributed by atoms with Gasteiger partial charge in [-0.3, -0.25) is 23.9 Å². The molecule has 7 aliphatic rings. The molecule has 3 aliphatic heterocycles. The number of amides is 4. The molecule has 4 heterocycles. The summed E-state index contributed by atoms with van der Waals surface area (Å²) in [5.74, 6) is -0.144. The van der Waals surface area contributed by atoms with Gasteiger partial charge in [0.15, 0.2) is 0 Å². The second-order valence-corrected chi connectivity index (χ2v) is 20.8. The first-order valence-electron chi connectivity index (χ1n) is 21.7. The SMILES string of the molecule is COc1ccc2c3c(c(C4CC4)nc2c1)O[C@]1(CC3)C[C@H]2C(=O)N[C@]3(C(=O)NS(=O)(=O)C4(C)CC4)C[C@H]3C=CCCCCC[C@H](NC(=O)CC3CCCC3)C(=O)N2C1. The van der Waals surface area contributed by atoms with Gasteiger partial charge in [0, 0.05) is 41.7 Å². The monoisotopic (exact) mass is 815 g/mol. The van der Waals surface area contributed by atoms with E-state index in [1.807, 2.05) is 30.4 Å². The van der Waals surface area contributed by atoms with Gasteiger partial charge in [-0.05, 0) is 102 Å². The number of aromatic nitrogens is 1. The summed E-state index contributed by atoms with van der Waals surface area (Å²) in [5, 5.41) is 7.10. The summed E-state index contributed by atoms with van der Waals surface area (Å²) in [6.45, 7) is 1.74. The van der Waals surface area contributed by atoms with Gasteiger partial charge in [-0.1, -0.05) is 37.8 Å². The molecule has 1 aromatic carbocycles. The molecule has 1 saturated heterocycles. The van der Waals surface area contributed by atoms with Gasteiger partial charge < -0.3 is 25.0 Å². The van der Waals surface area contributed by atoms with E-state index in [-0.39, 0.29) is 37.1 Å². The van der Waals surface area contributed by atoms with Gasteiger partial charge in [0.1, 0.15) is 34.7 Å². The zero-order chi connectivity index (χ0) is 40.5. The number of ether oxygens (including phenoxy) is 2. The molecule has 58 heavy (non-hydrogen) atoms. The summed E-state index contributed by atoms with van der Waals surface area (Å²) in [5.41, 5.74) is 0.391. The van der Waals surface area contributed by atoms with E-state index in [0.717, 1.165) is 91.4 Å². The first-order chi connectivity index (χ1) is 27.8. The number of fused-ring (bicyclic) bond motifs is 5. The van der Waals surface area contributed by atoms with Gasteiger partial charge >= 0.3 is 0 Å².